The zero-order chi connectivity index (χ0) is 12.6. The number of aliphatic hydroxyl groups excluding tert-OH is 2. The first-order chi connectivity index (χ1) is 7.45. The van der Waals surface area contributed by atoms with Gasteiger partial charge in [-0.3, -0.25) is 0 Å². The fraction of sp³-hybridized carbons (Fsp3) is 0.750. The summed E-state index contributed by atoms with van der Waals surface area (Å²) in [6.07, 6.45) is -2.61. The molecule has 0 aromatic rings. The molecule has 0 aliphatic carbocycles. The van der Waals surface area contributed by atoms with Gasteiger partial charge in [-0.05, 0) is 12.8 Å². The van der Waals surface area contributed by atoms with Crippen LogP contribution >= 0.6 is 0 Å². The second kappa shape index (κ2) is 6.85. The number of carbonyl (C=O) groups is 2. The number of carboxylic acid groups (broad SMARTS) is 2. The van der Waals surface area contributed by atoms with E-state index in [1.54, 1.807) is 0 Å². The van der Waals surface area contributed by atoms with Crippen molar-refractivity contribution >= 4 is 12.2 Å². The molecule has 0 unspecified atom stereocenters. The van der Waals surface area contributed by atoms with Crippen LogP contribution in [0.2, 0.25) is 0 Å². The first-order valence-electron chi connectivity index (χ1n) is 4.65. The average molecular weight is 236 g/mol. The van der Waals surface area contributed by atoms with Gasteiger partial charge in [0.05, 0.1) is 5.54 Å². The quantitative estimate of drug-likeness (QED) is 0.336. The molecule has 0 rings (SSSR count). The second-order valence-corrected chi connectivity index (χ2v) is 3.32. The van der Waals surface area contributed by atoms with E-state index in [2.05, 4.69) is 5.32 Å². The molecule has 8 nitrogen and oxygen atoms in total. The molecule has 0 saturated heterocycles. The molecule has 0 aromatic carbocycles. The van der Waals surface area contributed by atoms with Crippen LogP contribution in [-0.4, -0.2) is 57.9 Å². The van der Waals surface area contributed by atoms with Crippen molar-refractivity contribution in [1.29, 1.82) is 0 Å². The fourth-order valence-corrected chi connectivity index (χ4v) is 1.37. The highest BCUT2D eigenvalue weighted by atomic mass is 16.4. The van der Waals surface area contributed by atoms with Crippen LogP contribution in [0.4, 0.5) is 9.59 Å². The van der Waals surface area contributed by atoms with Gasteiger partial charge in [0.1, 0.15) is 0 Å². The predicted molar refractivity (Wildman–Crippen MR) is 53.3 cm³/mol. The summed E-state index contributed by atoms with van der Waals surface area (Å²) >= 11 is 0. The molecular formula is C8H16N2O6. The van der Waals surface area contributed by atoms with Gasteiger partial charge in [-0.1, -0.05) is 0 Å². The van der Waals surface area contributed by atoms with Gasteiger partial charge in [0.2, 0.25) is 0 Å². The van der Waals surface area contributed by atoms with Crippen LogP contribution in [0.1, 0.15) is 12.8 Å². The van der Waals surface area contributed by atoms with E-state index < -0.39 is 17.7 Å². The summed E-state index contributed by atoms with van der Waals surface area (Å²) in [7, 11) is 0. The summed E-state index contributed by atoms with van der Waals surface area (Å²) in [6.45, 7) is -0.848. The molecule has 0 aliphatic heterocycles. The maximum Gasteiger partial charge on any atom is 0.405 e. The lowest BCUT2D eigenvalue weighted by Gasteiger charge is -2.32. The van der Waals surface area contributed by atoms with Gasteiger partial charge < -0.3 is 31.1 Å². The molecule has 16 heavy (non-hydrogen) atoms. The molecule has 2 amide bonds. The standard InChI is InChI=1S/C8H16N2O6/c11-3-1-8(2-4-12,10-7(15)16)5-9-6(13)14/h9-12H,1-5H2,(H,13,14)(H,15,16). The fourth-order valence-electron chi connectivity index (χ4n) is 1.37. The molecule has 94 valence electrons. The zero-order valence-corrected chi connectivity index (χ0v) is 8.64. The van der Waals surface area contributed by atoms with Crippen LogP contribution in [0, 0.1) is 0 Å². The number of aliphatic hydroxyl groups is 2. The number of amides is 2. The van der Waals surface area contributed by atoms with Crippen LogP contribution in [0.25, 0.3) is 0 Å². The molecule has 0 heterocycles. The lowest BCUT2D eigenvalue weighted by atomic mass is 9.91. The van der Waals surface area contributed by atoms with Gasteiger partial charge in [0, 0.05) is 19.8 Å². The van der Waals surface area contributed by atoms with Gasteiger partial charge in [-0.2, -0.15) is 0 Å². The van der Waals surface area contributed by atoms with E-state index in [4.69, 9.17) is 20.4 Å². The summed E-state index contributed by atoms with van der Waals surface area (Å²) < 4.78 is 0. The number of hydrogen-bond donors (Lipinski definition) is 6. The predicted octanol–water partition coefficient (Wildman–Crippen LogP) is -0.975. The van der Waals surface area contributed by atoms with Gasteiger partial charge in [0.15, 0.2) is 0 Å². The summed E-state index contributed by atoms with van der Waals surface area (Å²) in [5.41, 5.74) is -1.19. The Kier molecular flexibility index (Phi) is 6.19. The van der Waals surface area contributed by atoms with Crippen molar-refractivity contribution in [2.75, 3.05) is 19.8 Å². The lowest BCUT2D eigenvalue weighted by molar-refractivity contribution is 0.136. The smallest absolute Gasteiger partial charge is 0.405 e. The molecular weight excluding hydrogens is 220 g/mol. The van der Waals surface area contributed by atoms with E-state index in [0.29, 0.717) is 0 Å². The highest BCUT2D eigenvalue weighted by molar-refractivity contribution is 5.67. The van der Waals surface area contributed by atoms with E-state index in [9.17, 15) is 9.59 Å². The third kappa shape index (κ3) is 5.37. The minimum Gasteiger partial charge on any atom is -0.465 e. The molecule has 0 bridgehead atoms. The summed E-state index contributed by atoms with van der Waals surface area (Å²) in [5, 5.41) is 38.8. The Morgan fingerprint density at radius 1 is 1.00 bits per heavy atom. The van der Waals surface area contributed by atoms with Crippen molar-refractivity contribution < 1.29 is 30.0 Å². The number of rotatable bonds is 7. The summed E-state index contributed by atoms with van der Waals surface area (Å²) in [5.74, 6) is 0. The average Bonchev–Trinajstić information content (AvgIpc) is 2.14. The van der Waals surface area contributed by atoms with Gasteiger partial charge in [-0.25, -0.2) is 9.59 Å². The maximum absolute atomic E-state index is 10.6. The molecule has 0 spiro atoms. The minimum absolute atomic E-state index is 0.0140. The third-order valence-corrected chi connectivity index (χ3v) is 2.13. The van der Waals surface area contributed by atoms with Crippen LogP contribution in [0.3, 0.4) is 0 Å². The van der Waals surface area contributed by atoms with Crippen molar-refractivity contribution in [3.05, 3.63) is 0 Å². The van der Waals surface area contributed by atoms with E-state index >= 15 is 0 Å². The highest BCUT2D eigenvalue weighted by Gasteiger charge is 2.31. The van der Waals surface area contributed by atoms with E-state index in [1.807, 2.05) is 5.32 Å². The van der Waals surface area contributed by atoms with Crippen LogP contribution in [0.15, 0.2) is 0 Å². The Bertz CT molecular complexity index is 239. The molecule has 0 aliphatic rings. The number of hydrogen-bond acceptors (Lipinski definition) is 4. The van der Waals surface area contributed by atoms with Crippen molar-refractivity contribution in [2.24, 2.45) is 0 Å². The van der Waals surface area contributed by atoms with Gasteiger partial charge in [-0.15, -0.1) is 0 Å². The topological polar surface area (TPSA) is 139 Å². The van der Waals surface area contributed by atoms with Crippen molar-refractivity contribution in [3.8, 4) is 0 Å². The van der Waals surface area contributed by atoms with Gasteiger partial charge in [0.25, 0.3) is 0 Å². The molecule has 0 saturated carbocycles. The Hall–Kier alpha value is -1.54. The second-order valence-electron chi connectivity index (χ2n) is 3.32. The lowest BCUT2D eigenvalue weighted by Crippen LogP contribution is -2.56. The van der Waals surface area contributed by atoms with Crippen LogP contribution in [0.5, 0.6) is 0 Å². The monoisotopic (exact) mass is 236 g/mol. The van der Waals surface area contributed by atoms with Crippen molar-refractivity contribution in [3.63, 3.8) is 0 Å². The molecule has 6 N–H and O–H groups in total. The number of nitrogens with one attached hydrogen (secondary N) is 2. The first kappa shape index (κ1) is 14.5. The van der Waals surface area contributed by atoms with E-state index in [1.165, 1.54) is 0 Å². The van der Waals surface area contributed by atoms with Crippen LogP contribution < -0.4 is 10.6 Å². The van der Waals surface area contributed by atoms with Crippen molar-refractivity contribution in [2.45, 2.75) is 18.4 Å². The Morgan fingerprint density at radius 2 is 1.50 bits per heavy atom. The van der Waals surface area contributed by atoms with Crippen molar-refractivity contribution in [1.82, 2.24) is 10.6 Å². The minimum atomic E-state index is -1.34. The summed E-state index contributed by atoms with van der Waals surface area (Å²) in [4.78, 5) is 20.9. The Morgan fingerprint density at radius 3 is 1.81 bits per heavy atom. The normalized spacial score (nSPS) is 10.9. The van der Waals surface area contributed by atoms with Gasteiger partial charge >= 0.3 is 12.2 Å². The largest absolute Gasteiger partial charge is 0.465 e. The highest BCUT2D eigenvalue weighted by Crippen LogP contribution is 2.14. The molecule has 0 radical (unpaired) electrons. The van der Waals surface area contributed by atoms with E-state index in [0.717, 1.165) is 0 Å². The SMILES string of the molecule is O=C(O)NCC(CCO)(CCO)NC(=O)O. The van der Waals surface area contributed by atoms with Crippen LogP contribution in [-0.2, 0) is 0 Å². The summed E-state index contributed by atoms with van der Waals surface area (Å²) in [6, 6.07) is 0. The Labute approximate surface area is 91.9 Å². The Balaban J connectivity index is 4.61. The first-order valence-corrected chi connectivity index (χ1v) is 4.65. The molecule has 8 heteroatoms. The third-order valence-electron chi connectivity index (χ3n) is 2.13. The molecule has 0 fully saturated rings. The zero-order valence-electron chi connectivity index (χ0n) is 8.64. The molecule has 0 atom stereocenters. The molecule has 0 aromatic heterocycles. The maximum atomic E-state index is 10.6. The van der Waals surface area contributed by atoms with E-state index in [-0.39, 0.29) is 32.6 Å².